The van der Waals surface area contributed by atoms with E-state index in [2.05, 4.69) is 39.2 Å². The van der Waals surface area contributed by atoms with Crippen LogP contribution in [0.1, 0.15) is 40.7 Å². The molecule has 0 amide bonds. The summed E-state index contributed by atoms with van der Waals surface area (Å²) in [7, 11) is 0. The number of imidazole rings is 1. The van der Waals surface area contributed by atoms with Crippen molar-refractivity contribution in [1.82, 2.24) is 4.57 Å². The fourth-order valence-corrected chi connectivity index (χ4v) is 1.30. The minimum atomic E-state index is -0.314. The fraction of sp³-hybridized carbons (Fsp3) is 0.750. The minimum Gasteiger partial charge on any atom is -0.388 e. The molecular weight excluding hydrogens is 188 g/mol. The first-order valence-electron chi connectivity index (χ1n) is 5.55. The van der Waals surface area contributed by atoms with Crippen molar-refractivity contribution in [3.63, 3.8) is 0 Å². The third-order valence-electron chi connectivity index (χ3n) is 2.69. The molecule has 0 saturated heterocycles. The molecule has 0 aliphatic heterocycles. The van der Waals surface area contributed by atoms with Crippen molar-refractivity contribution in [3.05, 3.63) is 18.7 Å². The van der Waals surface area contributed by atoms with E-state index in [4.69, 9.17) is 0 Å². The van der Waals surface area contributed by atoms with Crippen LogP contribution in [0, 0.1) is 5.41 Å². The van der Waals surface area contributed by atoms with E-state index in [1.165, 1.54) is 0 Å². The smallest absolute Gasteiger partial charge is 0.244 e. The SMILES string of the molecule is CC(C)n1cc[n+](C[C@@H](O)C(C)(C)C)c1. The predicted molar refractivity (Wildman–Crippen MR) is 60.5 cm³/mol. The number of rotatable bonds is 3. The van der Waals surface area contributed by atoms with Crippen LogP contribution in [0.2, 0.25) is 0 Å². The summed E-state index contributed by atoms with van der Waals surface area (Å²) in [6.45, 7) is 11.1. The number of aromatic nitrogens is 2. The Labute approximate surface area is 92.4 Å². The first kappa shape index (κ1) is 12.2. The topological polar surface area (TPSA) is 29.0 Å². The Morgan fingerprint density at radius 1 is 1.33 bits per heavy atom. The zero-order valence-corrected chi connectivity index (χ0v) is 10.4. The van der Waals surface area contributed by atoms with Crippen molar-refractivity contribution >= 4 is 0 Å². The Hall–Kier alpha value is -0.830. The van der Waals surface area contributed by atoms with Gasteiger partial charge < -0.3 is 5.11 Å². The van der Waals surface area contributed by atoms with E-state index in [1.54, 1.807) is 0 Å². The molecule has 0 bridgehead atoms. The molecule has 3 heteroatoms. The quantitative estimate of drug-likeness (QED) is 0.758. The van der Waals surface area contributed by atoms with Gasteiger partial charge in [-0.1, -0.05) is 20.8 Å². The van der Waals surface area contributed by atoms with E-state index < -0.39 is 0 Å². The van der Waals surface area contributed by atoms with Gasteiger partial charge in [0, 0.05) is 0 Å². The summed E-state index contributed by atoms with van der Waals surface area (Å²) in [5.74, 6) is 0. The average molecular weight is 211 g/mol. The summed E-state index contributed by atoms with van der Waals surface area (Å²) < 4.78 is 4.17. The lowest BCUT2D eigenvalue weighted by Gasteiger charge is -2.23. The molecule has 1 aromatic heterocycles. The van der Waals surface area contributed by atoms with E-state index >= 15 is 0 Å². The van der Waals surface area contributed by atoms with Gasteiger partial charge in [0.05, 0.1) is 12.1 Å². The van der Waals surface area contributed by atoms with Crippen molar-refractivity contribution in [2.75, 3.05) is 0 Å². The van der Waals surface area contributed by atoms with Gasteiger partial charge >= 0.3 is 0 Å². The van der Waals surface area contributed by atoms with Crippen LogP contribution < -0.4 is 4.57 Å². The molecule has 1 aromatic rings. The van der Waals surface area contributed by atoms with Crippen LogP contribution in [0.5, 0.6) is 0 Å². The molecular formula is C12H23N2O+. The molecule has 15 heavy (non-hydrogen) atoms. The second-order valence-corrected chi connectivity index (χ2v) is 5.53. The molecule has 0 saturated carbocycles. The Morgan fingerprint density at radius 2 is 1.93 bits per heavy atom. The van der Waals surface area contributed by atoms with Gasteiger partial charge in [0.2, 0.25) is 6.33 Å². The molecule has 1 atom stereocenters. The zero-order valence-electron chi connectivity index (χ0n) is 10.4. The molecule has 1 rings (SSSR count). The van der Waals surface area contributed by atoms with Crippen LogP contribution >= 0.6 is 0 Å². The largest absolute Gasteiger partial charge is 0.388 e. The standard InChI is InChI=1S/C12H23N2O/c1-10(2)14-7-6-13(9-14)8-11(15)12(3,4)5/h6-7,9-11,15H,8H2,1-5H3/q+1/t11-/m1/s1. The first-order valence-corrected chi connectivity index (χ1v) is 5.55. The maximum atomic E-state index is 9.96. The maximum absolute atomic E-state index is 9.96. The summed E-state index contributed by atoms with van der Waals surface area (Å²) in [5, 5.41) is 9.96. The maximum Gasteiger partial charge on any atom is 0.244 e. The summed E-state index contributed by atoms with van der Waals surface area (Å²) in [6.07, 6.45) is 5.78. The third kappa shape index (κ3) is 3.34. The van der Waals surface area contributed by atoms with Gasteiger partial charge in [0.25, 0.3) is 0 Å². The first-order chi connectivity index (χ1) is 6.80. The molecule has 1 N–H and O–H groups in total. The molecule has 1 heterocycles. The molecule has 0 aromatic carbocycles. The van der Waals surface area contributed by atoms with Crippen LogP contribution in [0.4, 0.5) is 0 Å². The summed E-state index contributed by atoms with van der Waals surface area (Å²) in [6, 6.07) is 0.470. The van der Waals surface area contributed by atoms with Gasteiger partial charge in [0.1, 0.15) is 18.9 Å². The van der Waals surface area contributed by atoms with Crippen molar-refractivity contribution in [3.8, 4) is 0 Å². The summed E-state index contributed by atoms with van der Waals surface area (Å²) >= 11 is 0. The van der Waals surface area contributed by atoms with Gasteiger partial charge in [-0.2, -0.15) is 0 Å². The molecule has 0 radical (unpaired) electrons. The van der Waals surface area contributed by atoms with Crippen molar-refractivity contribution in [2.24, 2.45) is 5.41 Å². The number of nitrogens with zero attached hydrogens (tertiary/aromatic N) is 2. The van der Waals surface area contributed by atoms with Gasteiger partial charge in [-0.25, -0.2) is 9.13 Å². The fourth-order valence-electron chi connectivity index (χ4n) is 1.30. The summed E-state index contributed by atoms with van der Waals surface area (Å²) in [5.41, 5.74) is -0.0626. The lowest BCUT2D eigenvalue weighted by atomic mass is 9.89. The van der Waals surface area contributed by atoms with Gasteiger partial charge in [0.15, 0.2) is 0 Å². The minimum absolute atomic E-state index is 0.0626. The molecule has 0 fully saturated rings. The molecule has 86 valence electrons. The van der Waals surface area contributed by atoms with Gasteiger partial charge in [-0.05, 0) is 19.3 Å². The normalized spacial score (nSPS) is 14.6. The molecule has 0 aliphatic rings. The monoisotopic (exact) mass is 211 g/mol. The van der Waals surface area contributed by atoms with Crippen molar-refractivity contribution in [2.45, 2.75) is 53.3 Å². The lowest BCUT2D eigenvalue weighted by molar-refractivity contribution is -0.705. The lowest BCUT2D eigenvalue weighted by Crippen LogP contribution is -2.43. The molecule has 0 aliphatic carbocycles. The van der Waals surface area contributed by atoms with Crippen LogP contribution in [-0.4, -0.2) is 15.8 Å². The van der Waals surface area contributed by atoms with Crippen LogP contribution in [-0.2, 0) is 6.54 Å². The highest BCUT2D eigenvalue weighted by atomic mass is 16.3. The summed E-state index contributed by atoms with van der Waals surface area (Å²) in [4.78, 5) is 0. The highest BCUT2D eigenvalue weighted by Gasteiger charge is 2.24. The van der Waals surface area contributed by atoms with Crippen molar-refractivity contribution in [1.29, 1.82) is 0 Å². The van der Waals surface area contributed by atoms with Crippen molar-refractivity contribution < 1.29 is 9.67 Å². The van der Waals surface area contributed by atoms with Gasteiger partial charge in [-0.15, -0.1) is 0 Å². The number of hydrogen-bond donors (Lipinski definition) is 1. The Balaban J connectivity index is 2.65. The van der Waals surface area contributed by atoms with E-state index in [-0.39, 0.29) is 11.5 Å². The van der Waals surface area contributed by atoms with E-state index in [0.29, 0.717) is 12.6 Å². The number of hydrogen-bond acceptors (Lipinski definition) is 1. The number of aliphatic hydroxyl groups is 1. The Bertz CT molecular complexity index is 310. The second-order valence-electron chi connectivity index (χ2n) is 5.53. The van der Waals surface area contributed by atoms with Crippen LogP contribution in [0.15, 0.2) is 18.7 Å². The molecule has 3 nitrogen and oxygen atoms in total. The van der Waals surface area contributed by atoms with Crippen LogP contribution in [0.3, 0.4) is 0 Å². The van der Waals surface area contributed by atoms with Gasteiger partial charge in [-0.3, -0.25) is 0 Å². The van der Waals surface area contributed by atoms with E-state index in [1.807, 2.05) is 23.3 Å². The van der Waals surface area contributed by atoms with Crippen LogP contribution in [0.25, 0.3) is 0 Å². The number of aliphatic hydroxyl groups excluding tert-OH is 1. The van der Waals surface area contributed by atoms with E-state index in [9.17, 15) is 5.11 Å². The highest BCUT2D eigenvalue weighted by Crippen LogP contribution is 2.18. The predicted octanol–water partition coefficient (Wildman–Crippen LogP) is 1.76. The molecule has 0 unspecified atom stereocenters. The van der Waals surface area contributed by atoms with E-state index in [0.717, 1.165) is 0 Å². The zero-order chi connectivity index (χ0) is 11.6. The highest BCUT2D eigenvalue weighted by molar-refractivity contribution is 4.72. The second kappa shape index (κ2) is 4.35. The Kier molecular flexibility index (Phi) is 3.55. The third-order valence-corrected chi connectivity index (χ3v) is 2.69. The Morgan fingerprint density at radius 3 is 2.33 bits per heavy atom. The average Bonchev–Trinajstić information content (AvgIpc) is 2.50. The molecule has 0 spiro atoms.